The Kier molecular flexibility index (Phi) is 52.6. The van der Waals surface area contributed by atoms with Crippen molar-refractivity contribution in [3.63, 3.8) is 0 Å². The molecule has 0 aromatic carbocycles. The first kappa shape index (κ1) is 71.9. The summed E-state index contributed by atoms with van der Waals surface area (Å²) in [5.74, 6) is -0.902. The molecule has 0 aliphatic heterocycles. The maximum absolute atomic E-state index is 12.8. The molecule has 10 heteroatoms. The topological polar surface area (TPSA) is 108 Å². The molecule has 0 spiro atoms. The third-order valence-electron chi connectivity index (χ3n) is 11.9. The van der Waals surface area contributed by atoms with E-state index in [4.69, 9.17) is 18.5 Å². The first-order valence-corrected chi connectivity index (χ1v) is 31.1. The number of phosphoric acid groups is 1. The zero-order valence-electron chi connectivity index (χ0n) is 48.7. The van der Waals surface area contributed by atoms with Crippen molar-refractivity contribution in [2.45, 2.75) is 213 Å². The highest BCUT2D eigenvalue weighted by Gasteiger charge is 2.27. The van der Waals surface area contributed by atoms with Crippen LogP contribution in [-0.2, 0) is 32.7 Å². The first-order chi connectivity index (χ1) is 37.0. The molecule has 0 saturated carbocycles. The Labute approximate surface area is 465 Å². The van der Waals surface area contributed by atoms with Crippen molar-refractivity contribution in [3.05, 3.63) is 146 Å². The van der Waals surface area contributed by atoms with Crippen LogP contribution >= 0.6 is 7.82 Å². The van der Waals surface area contributed by atoms with E-state index in [-0.39, 0.29) is 26.1 Å². The lowest BCUT2D eigenvalue weighted by Gasteiger charge is -2.24. The van der Waals surface area contributed by atoms with E-state index < -0.39 is 32.5 Å². The van der Waals surface area contributed by atoms with Crippen molar-refractivity contribution in [1.29, 1.82) is 0 Å². The second kappa shape index (κ2) is 55.6. The number of nitrogens with zero attached hydrogens (tertiary/aromatic N) is 1. The maximum Gasteiger partial charge on any atom is 0.472 e. The fraction of sp³-hybridized carbons (Fsp3) is 0.606. The monoisotopic (exact) mass is 1070 g/mol. The molecule has 76 heavy (non-hydrogen) atoms. The van der Waals surface area contributed by atoms with Gasteiger partial charge in [0.15, 0.2) is 6.10 Å². The van der Waals surface area contributed by atoms with E-state index in [1.165, 1.54) is 70.6 Å². The number of hydrogen-bond acceptors (Lipinski definition) is 7. The molecule has 9 nitrogen and oxygen atoms in total. The molecule has 2 atom stereocenters. The Bertz CT molecular complexity index is 1790. The van der Waals surface area contributed by atoms with Crippen LogP contribution in [0.15, 0.2) is 146 Å². The van der Waals surface area contributed by atoms with Gasteiger partial charge in [-0.05, 0) is 103 Å². The lowest BCUT2D eigenvalue weighted by Crippen LogP contribution is -2.37. The number of allylic oxidation sites excluding steroid dienone is 24. The van der Waals surface area contributed by atoms with E-state index in [1.54, 1.807) is 0 Å². The van der Waals surface area contributed by atoms with Gasteiger partial charge >= 0.3 is 19.8 Å². The Hall–Kier alpha value is -4.11. The van der Waals surface area contributed by atoms with E-state index in [1.807, 2.05) is 33.3 Å². The van der Waals surface area contributed by atoms with Gasteiger partial charge in [-0.1, -0.05) is 237 Å². The molecular formula is C66H109NO8P+. The highest BCUT2D eigenvalue weighted by atomic mass is 31.2. The molecule has 0 heterocycles. The molecule has 0 radical (unpaired) electrons. The van der Waals surface area contributed by atoms with Crippen LogP contribution in [0.4, 0.5) is 0 Å². The van der Waals surface area contributed by atoms with E-state index in [2.05, 4.69) is 148 Å². The number of unbranched alkanes of at least 4 members (excludes halogenated alkanes) is 14. The molecule has 0 rings (SSSR count). The highest BCUT2D eigenvalue weighted by molar-refractivity contribution is 7.47. The van der Waals surface area contributed by atoms with E-state index in [9.17, 15) is 19.0 Å². The number of quaternary nitrogens is 1. The van der Waals surface area contributed by atoms with Crippen molar-refractivity contribution in [1.82, 2.24) is 0 Å². The average Bonchev–Trinajstić information content (AvgIpc) is 3.38. The van der Waals surface area contributed by atoms with Gasteiger partial charge in [-0.2, -0.15) is 0 Å². The van der Waals surface area contributed by atoms with Gasteiger partial charge < -0.3 is 18.9 Å². The normalized spacial score (nSPS) is 14.3. The number of likely N-dealkylation sites (N-methyl/N-ethyl adjacent to an activating group) is 1. The van der Waals surface area contributed by atoms with Crippen molar-refractivity contribution in [2.24, 2.45) is 0 Å². The molecule has 0 fully saturated rings. The van der Waals surface area contributed by atoms with Crippen molar-refractivity contribution >= 4 is 19.8 Å². The van der Waals surface area contributed by atoms with E-state index in [0.29, 0.717) is 23.9 Å². The molecule has 0 aliphatic carbocycles. The summed E-state index contributed by atoms with van der Waals surface area (Å²) in [6.07, 6.45) is 82.5. The van der Waals surface area contributed by atoms with Crippen LogP contribution in [0.25, 0.3) is 0 Å². The number of carbonyl (C=O) groups is 2. The molecule has 0 aromatic heterocycles. The number of carbonyl (C=O) groups excluding carboxylic acids is 2. The van der Waals surface area contributed by atoms with E-state index >= 15 is 0 Å². The van der Waals surface area contributed by atoms with Gasteiger partial charge in [0.25, 0.3) is 0 Å². The summed E-state index contributed by atoms with van der Waals surface area (Å²) in [6.45, 7) is 4.09. The third-order valence-corrected chi connectivity index (χ3v) is 12.9. The second-order valence-corrected chi connectivity index (χ2v) is 21.7. The average molecular weight is 1080 g/mol. The van der Waals surface area contributed by atoms with Gasteiger partial charge in [0, 0.05) is 12.8 Å². The largest absolute Gasteiger partial charge is 0.472 e. The minimum absolute atomic E-state index is 0.0147. The highest BCUT2D eigenvalue weighted by Crippen LogP contribution is 2.43. The van der Waals surface area contributed by atoms with Gasteiger partial charge in [0.05, 0.1) is 27.7 Å². The summed E-state index contributed by atoms with van der Waals surface area (Å²) in [5, 5.41) is 0. The molecule has 0 aromatic rings. The minimum atomic E-state index is -4.41. The Balaban J connectivity index is 4.07. The predicted molar refractivity (Wildman–Crippen MR) is 325 cm³/mol. The quantitative estimate of drug-likeness (QED) is 0.0211. The molecule has 0 saturated heterocycles. The van der Waals surface area contributed by atoms with Gasteiger partial charge in [0.2, 0.25) is 0 Å². The van der Waals surface area contributed by atoms with Gasteiger partial charge in [-0.3, -0.25) is 18.6 Å². The van der Waals surface area contributed by atoms with Gasteiger partial charge in [0.1, 0.15) is 19.8 Å². The Morgan fingerprint density at radius 3 is 1.11 bits per heavy atom. The molecule has 1 N–H and O–H groups in total. The Morgan fingerprint density at radius 2 is 0.737 bits per heavy atom. The molecule has 430 valence electrons. The van der Waals surface area contributed by atoms with E-state index in [0.717, 1.165) is 96.3 Å². The van der Waals surface area contributed by atoms with Crippen LogP contribution < -0.4 is 0 Å². The molecule has 0 amide bonds. The standard InChI is InChI=1S/C66H108NO8P/c1-6-8-10-12-14-16-18-20-21-22-23-24-25-26-27-28-29-30-31-32-33-34-35-36-37-38-39-40-41-42-43-44-45-47-49-51-53-55-57-59-66(69)75-64(63-74-76(70,71)73-61-60-67(3,4)5)62-72-65(68)58-56-54-52-50-48-46-19-17-15-13-11-9-7-2/h8-11,14-17,20-21,23-24,26-27,29-30,32-33,35-36,46,48,52,54,64H,6-7,12-13,18-19,22,25,28,31,34,37-45,47,49-51,53,55-63H2,1-5H3/p+1/b10-8-,11-9-,16-14-,17-15-,21-20-,24-23-,27-26-,30-29-,33-32-,36-35-,48-46-,54-52-. The number of esters is 2. The Morgan fingerprint density at radius 1 is 0.408 bits per heavy atom. The summed E-state index contributed by atoms with van der Waals surface area (Å²) < 4.78 is 34.4. The molecule has 2 unspecified atom stereocenters. The fourth-order valence-corrected chi connectivity index (χ4v) is 8.14. The van der Waals surface area contributed by atoms with Crippen LogP contribution in [0.2, 0.25) is 0 Å². The third kappa shape index (κ3) is 59.1. The summed E-state index contributed by atoms with van der Waals surface area (Å²) >= 11 is 0. The number of phosphoric ester groups is 1. The maximum atomic E-state index is 12.8. The first-order valence-electron chi connectivity index (χ1n) is 29.6. The van der Waals surface area contributed by atoms with Gasteiger partial charge in [-0.25, -0.2) is 4.57 Å². The molecular weight excluding hydrogens is 966 g/mol. The van der Waals surface area contributed by atoms with Crippen molar-refractivity contribution < 1.29 is 42.1 Å². The van der Waals surface area contributed by atoms with Crippen LogP contribution in [0, 0.1) is 0 Å². The van der Waals surface area contributed by atoms with Crippen LogP contribution in [0.1, 0.15) is 206 Å². The minimum Gasteiger partial charge on any atom is -0.462 e. The summed E-state index contributed by atoms with van der Waals surface area (Å²) in [4.78, 5) is 35.5. The van der Waals surface area contributed by atoms with Crippen LogP contribution in [0.5, 0.6) is 0 Å². The summed E-state index contributed by atoms with van der Waals surface area (Å²) in [6, 6.07) is 0. The molecule has 0 bridgehead atoms. The number of hydrogen-bond donors (Lipinski definition) is 1. The summed E-state index contributed by atoms with van der Waals surface area (Å²) in [5.41, 5.74) is 0. The zero-order chi connectivity index (χ0) is 55.6. The van der Waals surface area contributed by atoms with Crippen molar-refractivity contribution in [3.8, 4) is 0 Å². The number of ether oxygens (including phenoxy) is 2. The van der Waals surface area contributed by atoms with Gasteiger partial charge in [-0.15, -0.1) is 0 Å². The molecule has 0 aliphatic rings. The summed E-state index contributed by atoms with van der Waals surface area (Å²) in [7, 11) is 1.42. The van der Waals surface area contributed by atoms with Crippen LogP contribution in [0.3, 0.4) is 0 Å². The fourth-order valence-electron chi connectivity index (χ4n) is 7.40. The predicted octanol–water partition coefficient (Wildman–Crippen LogP) is 18.7. The smallest absolute Gasteiger partial charge is 0.462 e. The number of rotatable bonds is 52. The lowest BCUT2D eigenvalue weighted by atomic mass is 10.0. The van der Waals surface area contributed by atoms with Crippen LogP contribution in [-0.4, -0.2) is 74.9 Å². The SMILES string of the molecule is CC/C=C\C/C=C\C/C=C\C/C=C\C/C=C\C/C=C\C/C=C\C/C=C\CCCCCCCCCCCCCCCCC(=O)OC(COC(=O)CC/C=C\C/C=C\C/C=C\C/C=C\CC)COP(=O)(O)OCC[N+](C)(C)C. The lowest BCUT2D eigenvalue weighted by molar-refractivity contribution is -0.870. The zero-order valence-corrected chi connectivity index (χ0v) is 49.6. The second-order valence-electron chi connectivity index (χ2n) is 20.3. The van der Waals surface area contributed by atoms with Crippen molar-refractivity contribution in [2.75, 3.05) is 47.5 Å².